The molecule has 3 aromatic rings. The van der Waals surface area contributed by atoms with Crippen LogP contribution in [-0.2, 0) is 13.1 Å². The molecule has 0 saturated carbocycles. The van der Waals surface area contributed by atoms with Crippen molar-refractivity contribution in [3.05, 3.63) is 79.8 Å². The molecule has 3 rings (SSSR count). The van der Waals surface area contributed by atoms with E-state index in [4.69, 9.17) is 4.42 Å². The van der Waals surface area contributed by atoms with Gasteiger partial charge in [-0.2, -0.15) is 0 Å². The fourth-order valence-corrected chi connectivity index (χ4v) is 3.37. The largest absolute Gasteiger partial charge is 0.467 e. The summed E-state index contributed by atoms with van der Waals surface area (Å²) in [5.74, 6) is 0.374. The second-order valence-electron chi connectivity index (χ2n) is 5.64. The second-order valence-corrected chi connectivity index (χ2v) is 7.01. The summed E-state index contributed by atoms with van der Waals surface area (Å²) in [5.41, 5.74) is 0.496. The maximum atomic E-state index is 12.9. The Morgan fingerprint density at radius 2 is 2.00 bits per heavy atom. The van der Waals surface area contributed by atoms with Crippen molar-refractivity contribution >= 4 is 17.2 Å². The molecule has 3 aromatic heterocycles. The molecule has 24 heavy (non-hydrogen) atoms. The maximum Gasteiger partial charge on any atom is 0.260 e. The number of pyridine rings is 1. The van der Waals surface area contributed by atoms with Crippen LogP contribution >= 0.6 is 11.3 Å². The summed E-state index contributed by atoms with van der Waals surface area (Å²) in [5, 5.41) is 0. The third-order valence-electron chi connectivity index (χ3n) is 3.64. The van der Waals surface area contributed by atoms with Gasteiger partial charge >= 0.3 is 0 Å². The van der Waals surface area contributed by atoms with Crippen LogP contribution in [0.5, 0.6) is 0 Å². The molecule has 124 valence electrons. The van der Waals surface area contributed by atoms with E-state index in [0.29, 0.717) is 18.8 Å². The first-order valence-corrected chi connectivity index (χ1v) is 8.41. The van der Waals surface area contributed by atoms with E-state index < -0.39 is 0 Å². The third-order valence-corrected chi connectivity index (χ3v) is 4.63. The van der Waals surface area contributed by atoms with Gasteiger partial charge < -0.3 is 14.3 Å². The van der Waals surface area contributed by atoms with Gasteiger partial charge in [-0.25, -0.2) is 0 Å². The smallest absolute Gasteiger partial charge is 0.260 e. The van der Waals surface area contributed by atoms with E-state index in [2.05, 4.69) is 4.98 Å². The standard InChI is InChI=1S/C18H18N2O3S/c1-12-5-8-16(17(21)19-12)18(22)20(10-14-4-3-9-23-14)11-15-7-6-13(2)24-15/h3-9H,10-11H2,1-2H3,(H,19,21). The van der Waals surface area contributed by atoms with E-state index in [1.54, 1.807) is 47.6 Å². The van der Waals surface area contributed by atoms with Crippen molar-refractivity contribution in [2.24, 2.45) is 0 Å². The Balaban J connectivity index is 1.90. The monoisotopic (exact) mass is 342 g/mol. The van der Waals surface area contributed by atoms with Gasteiger partial charge in [-0.1, -0.05) is 0 Å². The lowest BCUT2D eigenvalue weighted by molar-refractivity contribution is 0.0717. The van der Waals surface area contributed by atoms with E-state index in [1.807, 2.05) is 25.1 Å². The molecule has 1 amide bonds. The lowest BCUT2D eigenvalue weighted by Crippen LogP contribution is -2.33. The molecule has 0 aromatic carbocycles. The number of nitrogens with zero attached hydrogens (tertiary/aromatic N) is 1. The fraction of sp³-hybridized carbons (Fsp3) is 0.222. The fourth-order valence-electron chi connectivity index (χ4n) is 2.46. The van der Waals surface area contributed by atoms with Crippen LogP contribution in [0.3, 0.4) is 0 Å². The highest BCUT2D eigenvalue weighted by Gasteiger charge is 2.21. The molecule has 0 saturated heterocycles. The average Bonchev–Trinajstić information content (AvgIpc) is 3.18. The number of carbonyl (C=O) groups excluding carboxylic acids is 1. The van der Waals surface area contributed by atoms with Gasteiger partial charge in [0.15, 0.2) is 0 Å². The minimum atomic E-state index is -0.369. The van der Waals surface area contributed by atoms with Crippen LogP contribution in [0.25, 0.3) is 0 Å². The molecule has 0 radical (unpaired) electrons. The molecule has 0 aliphatic heterocycles. The Morgan fingerprint density at radius 3 is 2.62 bits per heavy atom. The van der Waals surface area contributed by atoms with Crippen LogP contribution in [0.4, 0.5) is 0 Å². The summed E-state index contributed by atoms with van der Waals surface area (Å²) >= 11 is 1.64. The molecule has 1 N–H and O–H groups in total. The van der Waals surface area contributed by atoms with Gasteiger partial charge in [0.1, 0.15) is 11.3 Å². The van der Waals surface area contributed by atoms with Crippen molar-refractivity contribution in [3.63, 3.8) is 0 Å². The van der Waals surface area contributed by atoms with Gasteiger partial charge in [-0.3, -0.25) is 9.59 Å². The number of carbonyl (C=O) groups is 1. The van der Waals surface area contributed by atoms with Gasteiger partial charge in [0.05, 0.1) is 19.4 Å². The molecule has 6 heteroatoms. The van der Waals surface area contributed by atoms with Crippen LogP contribution in [0, 0.1) is 13.8 Å². The topological polar surface area (TPSA) is 66.3 Å². The van der Waals surface area contributed by atoms with Crippen LogP contribution in [0.15, 0.2) is 51.9 Å². The highest BCUT2D eigenvalue weighted by Crippen LogP contribution is 2.19. The molecule has 0 fully saturated rings. The summed E-state index contributed by atoms with van der Waals surface area (Å²) in [6.45, 7) is 4.56. The number of aromatic nitrogens is 1. The highest BCUT2D eigenvalue weighted by molar-refractivity contribution is 7.11. The third kappa shape index (κ3) is 3.65. The number of nitrogens with one attached hydrogen (secondary N) is 1. The van der Waals surface area contributed by atoms with Crippen molar-refractivity contribution in [1.29, 1.82) is 0 Å². The number of aryl methyl sites for hydroxylation is 2. The van der Waals surface area contributed by atoms with E-state index in [1.165, 1.54) is 4.88 Å². The van der Waals surface area contributed by atoms with Crippen molar-refractivity contribution in [1.82, 2.24) is 9.88 Å². The van der Waals surface area contributed by atoms with Crippen molar-refractivity contribution < 1.29 is 9.21 Å². The van der Waals surface area contributed by atoms with Gasteiger partial charge in [-0.05, 0) is 50.2 Å². The van der Waals surface area contributed by atoms with Crippen LogP contribution in [0.2, 0.25) is 0 Å². The number of amides is 1. The Labute approximate surface area is 143 Å². The first-order valence-electron chi connectivity index (χ1n) is 7.60. The van der Waals surface area contributed by atoms with Gasteiger partial charge in [0.25, 0.3) is 11.5 Å². The number of hydrogen-bond acceptors (Lipinski definition) is 4. The minimum Gasteiger partial charge on any atom is -0.467 e. The molecule has 3 heterocycles. The highest BCUT2D eigenvalue weighted by atomic mass is 32.1. The maximum absolute atomic E-state index is 12.9. The summed E-state index contributed by atoms with van der Waals surface area (Å²) in [4.78, 5) is 31.6. The van der Waals surface area contributed by atoms with Crippen LogP contribution in [0.1, 0.15) is 31.6 Å². The number of thiophene rings is 1. The SMILES string of the molecule is Cc1ccc(C(=O)N(Cc2ccco2)Cc2ccc(C)s2)c(=O)[nH]1. The van der Waals surface area contributed by atoms with E-state index in [0.717, 1.165) is 10.6 Å². The number of aromatic amines is 1. The zero-order chi connectivity index (χ0) is 17.1. The Morgan fingerprint density at radius 1 is 1.17 bits per heavy atom. The Bertz CT molecular complexity index is 893. The number of rotatable bonds is 5. The number of hydrogen-bond donors (Lipinski definition) is 1. The molecule has 0 aliphatic carbocycles. The first kappa shape index (κ1) is 16.3. The van der Waals surface area contributed by atoms with Crippen molar-refractivity contribution in [3.8, 4) is 0 Å². The molecular formula is C18H18N2O3S. The lowest BCUT2D eigenvalue weighted by Gasteiger charge is -2.21. The molecule has 0 unspecified atom stereocenters. The zero-order valence-corrected chi connectivity index (χ0v) is 14.4. The minimum absolute atomic E-state index is 0.139. The zero-order valence-electron chi connectivity index (χ0n) is 13.5. The first-order chi connectivity index (χ1) is 11.5. The van der Waals surface area contributed by atoms with E-state index in [-0.39, 0.29) is 17.0 Å². The molecule has 0 spiro atoms. The Kier molecular flexibility index (Phi) is 4.66. The summed E-state index contributed by atoms with van der Waals surface area (Å²) < 4.78 is 5.37. The average molecular weight is 342 g/mol. The molecule has 5 nitrogen and oxygen atoms in total. The predicted molar refractivity (Wildman–Crippen MR) is 93.1 cm³/mol. The van der Waals surface area contributed by atoms with Crippen LogP contribution in [-0.4, -0.2) is 15.8 Å². The lowest BCUT2D eigenvalue weighted by atomic mass is 10.2. The van der Waals surface area contributed by atoms with E-state index >= 15 is 0 Å². The molecule has 0 bridgehead atoms. The van der Waals surface area contributed by atoms with Gasteiger partial charge in [0, 0.05) is 15.4 Å². The summed E-state index contributed by atoms with van der Waals surface area (Å²) in [7, 11) is 0. The van der Waals surface area contributed by atoms with Crippen molar-refractivity contribution in [2.45, 2.75) is 26.9 Å². The molecular weight excluding hydrogens is 324 g/mol. The van der Waals surface area contributed by atoms with E-state index in [9.17, 15) is 9.59 Å². The van der Waals surface area contributed by atoms with Crippen LogP contribution < -0.4 is 5.56 Å². The number of H-pyrrole nitrogens is 1. The summed E-state index contributed by atoms with van der Waals surface area (Å²) in [6.07, 6.45) is 1.58. The molecule has 0 atom stereocenters. The van der Waals surface area contributed by atoms with Gasteiger partial charge in [0.2, 0.25) is 0 Å². The quantitative estimate of drug-likeness (QED) is 0.772. The van der Waals surface area contributed by atoms with Gasteiger partial charge in [-0.15, -0.1) is 11.3 Å². The summed E-state index contributed by atoms with van der Waals surface area (Å²) in [6, 6.07) is 10.9. The van der Waals surface area contributed by atoms with Crippen molar-refractivity contribution in [2.75, 3.05) is 0 Å². The molecule has 0 aliphatic rings. The normalized spacial score (nSPS) is 10.8. The predicted octanol–water partition coefficient (Wildman–Crippen LogP) is 3.49. The second kappa shape index (κ2) is 6.88. The number of furan rings is 1. The Hall–Kier alpha value is -2.60.